The molecule has 1 aliphatic rings. The summed E-state index contributed by atoms with van der Waals surface area (Å²) in [5.74, 6) is 0.741. The molecule has 1 N–H and O–H groups in total. The van der Waals surface area contributed by atoms with E-state index in [1.165, 1.54) is 13.3 Å². The van der Waals surface area contributed by atoms with Crippen LogP contribution in [0.5, 0.6) is 5.75 Å². The predicted molar refractivity (Wildman–Crippen MR) is 99.9 cm³/mol. The van der Waals surface area contributed by atoms with Crippen molar-refractivity contribution in [2.45, 2.75) is 39.3 Å². The molecule has 2 heterocycles. The van der Waals surface area contributed by atoms with Crippen molar-refractivity contribution in [2.24, 2.45) is 0 Å². The summed E-state index contributed by atoms with van der Waals surface area (Å²) in [6.45, 7) is 6.48. The van der Waals surface area contributed by atoms with Crippen LogP contribution in [-0.2, 0) is 6.61 Å². The van der Waals surface area contributed by atoms with Gasteiger partial charge in [-0.25, -0.2) is 0 Å². The Balaban J connectivity index is 1.51. The quantitative estimate of drug-likeness (QED) is 0.718. The number of carbonyl (C=O) groups is 2. The number of nitrogens with zero attached hydrogens (tertiary/aromatic N) is 2. The monoisotopic (exact) mass is 371 g/mol. The highest BCUT2D eigenvalue weighted by Gasteiger charge is 2.24. The molecule has 0 aliphatic carbocycles. The number of nitrogens with one attached hydrogen (secondary N) is 1. The first-order chi connectivity index (χ1) is 13.1. The number of ether oxygens (including phenoxy) is 1. The highest BCUT2D eigenvalue weighted by atomic mass is 16.5. The third-order valence-electron chi connectivity index (χ3n) is 4.82. The van der Waals surface area contributed by atoms with E-state index >= 15 is 0 Å². The summed E-state index contributed by atoms with van der Waals surface area (Å²) >= 11 is 0. The molecule has 1 aromatic carbocycles. The molecular formula is C20H25N3O4. The van der Waals surface area contributed by atoms with Crippen LogP contribution >= 0.6 is 0 Å². The van der Waals surface area contributed by atoms with E-state index in [4.69, 9.17) is 9.26 Å². The fourth-order valence-corrected chi connectivity index (χ4v) is 3.29. The van der Waals surface area contributed by atoms with Gasteiger partial charge in [-0.3, -0.25) is 14.5 Å². The van der Waals surface area contributed by atoms with Gasteiger partial charge in [-0.2, -0.15) is 0 Å². The van der Waals surface area contributed by atoms with Crippen LogP contribution in [0.4, 0.5) is 0 Å². The Morgan fingerprint density at radius 2 is 2.22 bits per heavy atom. The van der Waals surface area contributed by atoms with E-state index in [1.807, 2.05) is 0 Å². The minimum atomic E-state index is -0.244. The molecule has 27 heavy (non-hydrogen) atoms. The van der Waals surface area contributed by atoms with Crippen molar-refractivity contribution in [3.05, 3.63) is 47.3 Å². The predicted octanol–water partition coefficient (Wildman–Crippen LogP) is 2.67. The van der Waals surface area contributed by atoms with Crippen molar-refractivity contribution >= 4 is 11.7 Å². The summed E-state index contributed by atoms with van der Waals surface area (Å²) in [6.07, 6.45) is 2.27. The lowest BCUT2D eigenvalue weighted by molar-refractivity contribution is 0.0931. The molecule has 2 aromatic rings. The number of carbonyl (C=O) groups excluding carboxylic acids is 2. The number of likely N-dealkylation sites (tertiary alicyclic amines) is 1. The van der Waals surface area contributed by atoms with E-state index in [2.05, 4.69) is 22.3 Å². The highest BCUT2D eigenvalue weighted by molar-refractivity contribution is 5.94. The van der Waals surface area contributed by atoms with Crippen molar-refractivity contribution in [1.82, 2.24) is 15.4 Å². The van der Waals surface area contributed by atoms with Gasteiger partial charge in [0.2, 0.25) is 0 Å². The number of likely N-dealkylation sites (N-methyl/N-ethyl adjacent to an activating group) is 1. The summed E-state index contributed by atoms with van der Waals surface area (Å²) in [5, 5.41) is 6.75. The van der Waals surface area contributed by atoms with Crippen molar-refractivity contribution in [3.8, 4) is 5.75 Å². The highest BCUT2D eigenvalue weighted by Crippen LogP contribution is 2.17. The summed E-state index contributed by atoms with van der Waals surface area (Å²) in [4.78, 5) is 26.1. The van der Waals surface area contributed by atoms with E-state index in [-0.39, 0.29) is 24.0 Å². The summed E-state index contributed by atoms with van der Waals surface area (Å²) in [6, 6.07) is 8.90. The number of hydrogen-bond acceptors (Lipinski definition) is 6. The van der Waals surface area contributed by atoms with E-state index in [0.717, 1.165) is 19.5 Å². The third kappa shape index (κ3) is 4.95. The lowest BCUT2D eigenvalue weighted by Crippen LogP contribution is -2.40. The van der Waals surface area contributed by atoms with Crippen molar-refractivity contribution in [2.75, 3.05) is 19.6 Å². The molecule has 7 nitrogen and oxygen atoms in total. The van der Waals surface area contributed by atoms with Crippen LogP contribution in [0.3, 0.4) is 0 Å². The molecule has 1 fully saturated rings. The Morgan fingerprint density at radius 1 is 1.37 bits per heavy atom. The van der Waals surface area contributed by atoms with Gasteiger partial charge in [0.15, 0.2) is 17.2 Å². The van der Waals surface area contributed by atoms with Crippen LogP contribution in [0.15, 0.2) is 34.9 Å². The fraction of sp³-hybridized carbons (Fsp3) is 0.450. The lowest BCUT2D eigenvalue weighted by Gasteiger charge is -2.22. The second kappa shape index (κ2) is 8.81. The van der Waals surface area contributed by atoms with Gasteiger partial charge in [-0.05, 0) is 45.0 Å². The molecule has 0 saturated carbocycles. The average molecular weight is 371 g/mol. The third-order valence-corrected chi connectivity index (χ3v) is 4.82. The first kappa shape index (κ1) is 19.1. The molecule has 0 radical (unpaired) electrons. The minimum Gasteiger partial charge on any atom is -0.486 e. The Bertz CT molecular complexity index is 802. The number of amides is 1. The molecular weight excluding hydrogens is 346 g/mol. The average Bonchev–Trinajstić information content (AvgIpc) is 3.33. The summed E-state index contributed by atoms with van der Waals surface area (Å²) in [7, 11) is 0. The zero-order chi connectivity index (χ0) is 19.2. The van der Waals surface area contributed by atoms with E-state index in [9.17, 15) is 9.59 Å². The number of ketones is 1. The zero-order valence-corrected chi connectivity index (χ0v) is 15.7. The molecule has 7 heteroatoms. The Labute approximate surface area is 158 Å². The molecule has 1 amide bonds. The van der Waals surface area contributed by atoms with Crippen LogP contribution in [0.25, 0.3) is 0 Å². The van der Waals surface area contributed by atoms with Crippen LogP contribution in [-0.4, -0.2) is 47.4 Å². The van der Waals surface area contributed by atoms with E-state index in [0.29, 0.717) is 29.7 Å². The maximum absolute atomic E-state index is 12.3. The molecule has 3 rings (SSSR count). The number of rotatable bonds is 8. The fourth-order valence-electron chi connectivity index (χ4n) is 3.29. The standard InChI is InChI=1S/C20H25N3O4/c1-3-23-9-5-7-16(23)12-21-20(25)19-11-18(27-22-19)13-26-17-8-4-6-15(10-17)14(2)24/h4,6,8,10-11,16H,3,5,7,9,12-13H2,1-2H3,(H,21,25)/t16-/m0/s1. The molecule has 144 valence electrons. The number of aromatic nitrogens is 1. The summed E-state index contributed by atoms with van der Waals surface area (Å²) < 4.78 is 10.8. The Hall–Kier alpha value is -2.67. The van der Waals surface area contributed by atoms with Crippen LogP contribution in [0.2, 0.25) is 0 Å². The van der Waals surface area contributed by atoms with Gasteiger partial charge in [0.05, 0.1) is 0 Å². The largest absolute Gasteiger partial charge is 0.486 e. The van der Waals surface area contributed by atoms with E-state index < -0.39 is 0 Å². The Kier molecular flexibility index (Phi) is 6.24. The SMILES string of the molecule is CCN1CCC[C@H]1CNC(=O)c1cc(COc2cccc(C(C)=O)c2)on1. The van der Waals surface area contributed by atoms with Gasteiger partial charge in [0.25, 0.3) is 5.91 Å². The number of benzene rings is 1. The van der Waals surface area contributed by atoms with Crippen molar-refractivity contribution in [1.29, 1.82) is 0 Å². The van der Waals surface area contributed by atoms with E-state index in [1.54, 1.807) is 30.3 Å². The minimum absolute atomic E-state index is 0.0250. The van der Waals surface area contributed by atoms with Gasteiger partial charge in [-0.15, -0.1) is 0 Å². The zero-order valence-electron chi connectivity index (χ0n) is 15.7. The van der Waals surface area contributed by atoms with Gasteiger partial charge in [-0.1, -0.05) is 24.2 Å². The van der Waals surface area contributed by atoms with Gasteiger partial charge in [0.1, 0.15) is 12.4 Å². The Morgan fingerprint density at radius 3 is 3.00 bits per heavy atom. The molecule has 1 saturated heterocycles. The van der Waals surface area contributed by atoms with Gasteiger partial charge in [0, 0.05) is 24.2 Å². The molecule has 0 spiro atoms. The van der Waals surface area contributed by atoms with Gasteiger partial charge >= 0.3 is 0 Å². The second-order valence-corrected chi connectivity index (χ2v) is 6.69. The maximum Gasteiger partial charge on any atom is 0.273 e. The summed E-state index contributed by atoms with van der Waals surface area (Å²) in [5.41, 5.74) is 0.824. The van der Waals surface area contributed by atoms with Crippen LogP contribution in [0, 0.1) is 0 Å². The molecule has 0 bridgehead atoms. The topological polar surface area (TPSA) is 84.7 Å². The smallest absolute Gasteiger partial charge is 0.273 e. The second-order valence-electron chi connectivity index (χ2n) is 6.69. The van der Waals surface area contributed by atoms with Crippen LogP contribution < -0.4 is 10.1 Å². The molecule has 1 aliphatic heterocycles. The van der Waals surface area contributed by atoms with Gasteiger partial charge < -0.3 is 14.6 Å². The molecule has 1 atom stereocenters. The van der Waals surface area contributed by atoms with Crippen molar-refractivity contribution < 1.29 is 18.8 Å². The lowest BCUT2D eigenvalue weighted by atomic mass is 10.1. The molecule has 0 unspecified atom stereocenters. The first-order valence-corrected chi connectivity index (χ1v) is 9.28. The first-order valence-electron chi connectivity index (χ1n) is 9.28. The van der Waals surface area contributed by atoms with Crippen molar-refractivity contribution in [3.63, 3.8) is 0 Å². The van der Waals surface area contributed by atoms with Crippen LogP contribution in [0.1, 0.15) is 53.3 Å². The maximum atomic E-state index is 12.3. The number of hydrogen-bond donors (Lipinski definition) is 1. The number of Topliss-reactive ketones (excluding diaryl/α,β-unsaturated/α-hetero) is 1. The molecule has 1 aromatic heterocycles. The normalized spacial score (nSPS) is 17.0.